The highest BCUT2D eigenvalue weighted by atomic mass is 16.5. The van der Waals surface area contributed by atoms with E-state index in [0.29, 0.717) is 25.9 Å². The van der Waals surface area contributed by atoms with Crippen LogP contribution in [0.5, 0.6) is 5.75 Å². The van der Waals surface area contributed by atoms with Gasteiger partial charge in [-0.25, -0.2) is 14.6 Å². The first-order valence-electron chi connectivity index (χ1n) is 8.49. The van der Waals surface area contributed by atoms with Gasteiger partial charge >= 0.3 is 12.1 Å². The normalized spacial score (nSPS) is 14.9. The number of carbonyl (C=O) groups excluding carboxylic acids is 2. The van der Waals surface area contributed by atoms with E-state index in [1.54, 1.807) is 30.2 Å². The number of rotatable bonds is 3. The summed E-state index contributed by atoms with van der Waals surface area (Å²) in [6.07, 6.45) is 4.67. The van der Waals surface area contributed by atoms with Crippen LogP contribution in [-0.4, -0.2) is 64.7 Å². The number of hydrogen-bond donors (Lipinski definition) is 1. The van der Waals surface area contributed by atoms with Crippen LogP contribution in [0.25, 0.3) is 11.3 Å². The van der Waals surface area contributed by atoms with Crippen molar-refractivity contribution in [2.75, 3.05) is 27.2 Å². The minimum absolute atomic E-state index is 0.0740. The van der Waals surface area contributed by atoms with E-state index in [0.717, 1.165) is 17.0 Å². The summed E-state index contributed by atoms with van der Waals surface area (Å²) in [4.78, 5) is 31.6. The molecule has 0 atom stereocenters. The average molecular weight is 357 g/mol. The first-order valence-corrected chi connectivity index (χ1v) is 8.49. The Labute approximate surface area is 152 Å². The Hall–Kier alpha value is -3.03. The average Bonchev–Trinajstić information content (AvgIpc) is 3.17. The van der Waals surface area contributed by atoms with E-state index in [1.807, 2.05) is 24.3 Å². The van der Waals surface area contributed by atoms with E-state index in [1.165, 1.54) is 10.9 Å². The number of urea groups is 1. The number of nitrogens with zero attached hydrogens (tertiary/aromatic N) is 4. The quantitative estimate of drug-likeness (QED) is 0.909. The Morgan fingerprint density at radius 3 is 2.46 bits per heavy atom. The summed E-state index contributed by atoms with van der Waals surface area (Å²) < 4.78 is 6.64. The molecule has 1 aliphatic heterocycles. The molecule has 0 saturated carbocycles. The lowest BCUT2D eigenvalue weighted by atomic mass is 10.0. The van der Waals surface area contributed by atoms with Crippen LogP contribution in [0.15, 0.2) is 36.8 Å². The van der Waals surface area contributed by atoms with Crippen LogP contribution in [0.2, 0.25) is 0 Å². The standard InChI is InChI=1S/C18H23N5O3/c1-21(14-7-9-22(10-8-14)17(19)24)18(25)23-11-16(20-12-23)13-3-5-15(26-2)6-4-13/h3-6,11-12,14H,7-10H2,1-2H3,(H2,19,24). The number of aromatic nitrogens is 2. The number of methoxy groups -OCH3 is 1. The summed E-state index contributed by atoms with van der Waals surface area (Å²) in [5, 5.41) is 0. The minimum Gasteiger partial charge on any atom is -0.497 e. The van der Waals surface area contributed by atoms with Gasteiger partial charge in [-0.3, -0.25) is 4.57 Å². The summed E-state index contributed by atoms with van der Waals surface area (Å²) in [5.41, 5.74) is 6.93. The highest BCUT2D eigenvalue weighted by Crippen LogP contribution is 2.21. The van der Waals surface area contributed by atoms with E-state index < -0.39 is 6.03 Å². The smallest absolute Gasteiger partial charge is 0.329 e. The number of carbonyl (C=O) groups is 2. The molecule has 1 fully saturated rings. The molecule has 0 spiro atoms. The van der Waals surface area contributed by atoms with Crippen LogP contribution in [-0.2, 0) is 0 Å². The summed E-state index contributed by atoms with van der Waals surface area (Å²) in [6, 6.07) is 7.04. The Bertz CT molecular complexity index is 778. The molecule has 2 N–H and O–H groups in total. The van der Waals surface area contributed by atoms with Crippen LogP contribution in [0.1, 0.15) is 12.8 Å². The molecule has 2 aromatic rings. The maximum absolute atomic E-state index is 12.7. The van der Waals surface area contributed by atoms with Crippen LogP contribution >= 0.6 is 0 Å². The zero-order valence-electron chi connectivity index (χ0n) is 15.0. The fourth-order valence-electron chi connectivity index (χ4n) is 3.15. The minimum atomic E-state index is -0.406. The number of amides is 3. The highest BCUT2D eigenvalue weighted by Gasteiger charge is 2.27. The van der Waals surface area contributed by atoms with Gasteiger partial charge in [0.25, 0.3) is 0 Å². The molecule has 0 aliphatic carbocycles. The number of benzene rings is 1. The van der Waals surface area contributed by atoms with Gasteiger partial charge in [0, 0.05) is 37.9 Å². The van der Waals surface area contributed by atoms with Gasteiger partial charge in [0.2, 0.25) is 0 Å². The van der Waals surface area contributed by atoms with Gasteiger partial charge in [-0.05, 0) is 37.1 Å². The third-order valence-corrected chi connectivity index (χ3v) is 4.81. The van der Waals surface area contributed by atoms with Crippen LogP contribution in [0.3, 0.4) is 0 Å². The van der Waals surface area contributed by atoms with Crippen molar-refractivity contribution >= 4 is 12.1 Å². The van der Waals surface area contributed by atoms with E-state index in [2.05, 4.69) is 4.98 Å². The first-order chi connectivity index (χ1) is 12.5. The van der Waals surface area contributed by atoms with E-state index in [-0.39, 0.29) is 12.1 Å². The molecule has 3 amide bonds. The monoisotopic (exact) mass is 357 g/mol. The maximum Gasteiger partial charge on any atom is 0.329 e. The molecular formula is C18H23N5O3. The maximum atomic E-state index is 12.7. The number of primary amides is 1. The second kappa shape index (κ2) is 7.47. The fraction of sp³-hybridized carbons (Fsp3) is 0.389. The molecule has 2 heterocycles. The van der Waals surface area contributed by atoms with Crippen molar-refractivity contribution in [2.45, 2.75) is 18.9 Å². The summed E-state index contributed by atoms with van der Waals surface area (Å²) in [7, 11) is 3.39. The Kier molecular flexibility index (Phi) is 5.11. The topological polar surface area (TPSA) is 93.7 Å². The lowest BCUT2D eigenvalue weighted by molar-refractivity contribution is 0.144. The first kappa shape index (κ1) is 17.8. The largest absolute Gasteiger partial charge is 0.497 e. The number of piperidine rings is 1. The van der Waals surface area contributed by atoms with Crippen molar-refractivity contribution in [1.29, 1.82) is 0 Å². The van der Waals surface area contributed by atoms with E-state index in [9.17, 15) is 9.59 Å². The summed E-state index contributed by atoms with van der Waals surface area (Å²) in [6.45, 7) is 1.14. The zero-order chi connectivity index (χ0) is 18.7. The Morgan fingerprint density at radius 1 is 1.23 bits per heavy atom. The van der Waals surface area contributed by atoms with Crippen molar-refractivity contribution in [3.8, 4) is 17.0 Å². The van der Waals surface area contributed by atoms with Crippen molar-refractivity contribution < 1.29 is 14.3 Å². The number of ether oxygens (including phenoxy) is 1. The molecule has 1 aromatic carbocycles. The third-order valence-electron chi connectivity index (χ3n) is 4.81. The Balaban J connectivity index is 1.66. The fourth-order valence-corrected chi connectivity index (χ4v) is 3.15. The lowest BCUT2D eigenvalue weighted by Crippen LogP contribution is -2.49. The van der Waals surface area contributed by atoms with Crippen molar-refractivity contribution in [2.24, 2.45) is 5.73 Å². The number of imidazole rings is 1. The molecule has 0 bridgehead atoms. The zero-order valence-corrected chi connectivity index (χ0v) is 15.0. The van der Waals surface area contributed by atoms with Crippen LogP contribution in [0.4, 0.5) is 9.59 Å². The predicted molar refractivity (Wildman–Crippen MR) is 97.0 cm³/mol. The lowest BCUT2D eigenvalue weighted by Gasteiger charge is -2.35. The molecule has 8 nitrogen and oxygen atoms in total. The number of likely N-dealkylation sites (tertiary alicyclic amines) is 1. The van der Waals surface area contributed by atoms with Gasteiger partial charge in [-0.2, -0.15) is 0 Å². The second-order valence-electron chi connectivity index (χ2n) is 6.34. The molecule has 8 heteroatoms. The predicted octanol–water partition coefficient (Wildman–Crippen LogP) is 2.00. The molecule has 26 heavy (non-hydrogen) atoms. The molecule has 3 rings (SSSR count). The van der Waals surface area contributed by atoms with Crippen molar-refractivity contribution in [1.82, 2.24) is 19.4 Å². The molecule has 1 aromatic heterocycles. The molecule has 0 radical (unpaired) electrons. The van der Waals surface area contributed by atoms with Gasteiger partial charge in [0.1, 0.15) is 12.1 Å². The van der Waals surface area contributed by atoms with Crippen molar-refractivity contribution in [3.05, 3.63) is 36.8 Å². The molecule has 1 aliphatic rings. The van der Waals surface area contributed by atoms with E-state index >= 15 is 0 Å². The van der Waals surface area contributed by atoms with Gasteiger partial charge in [-0.1, -0.05) is 0 Å². The second-order valence-corrected chi connectivity index (χ2v) is 6.34. The summed E-state index contributed by atoms with van der Waals surface area (Å²) >= 11 is 0. The van der Waals surface area contributed by atoms with Crippen LogP contribution < -0.4 is 10.5 Å². The molecule has 0 unspecified atom stereocenters. The SMILES string of the molecule is COc1ccc(-c2cn(C(=O)N(C)C3CCN(C(N)=O)CC3)cn2)cc1. The number of nitrogens with two attached hydrogens (primary N) is 1. The number of hydrogen-bond acceptors (Lipinski definition) is 4. The van der Waals surface area contributed by atoms with Crippen molar-refractivity contribution in [3.63, 3.8) is 0 Å². The van der Waals surface area contributed by atoms with Crippen LogP contribution in [0, 0.1) is 0 Å². The molecule has 138 valence electrons. The summed E-state index contributed by atoms with van der Waals surface area (Å²) in [5.74, 6) is 0.770. The third kappa shape index (κ3) is 3.63. The van der Waals surface area contributed by atoms with Gasteiger partial charge in [0.05, 0.1) is 12.8 Å². The van der Waals surface area contributed by atoms with Gasteiger partial charge in [-0.15, -0.1) is 0 Å². The van der Waals surface area contributed by atoms with Gasteiger partial charge < -0.3 is 20.3 Å². The van der Waals surface area contributed by atoms with E-state index in [4.69, 9.17) is 10.5 Å². The van der Waals surface area contributed by atoms with Gasteiger partial charge in [0.15, 0.2) is 0 Å². The Morgan fingerprint density at radius 2 is 1.88 bits per heavy atom. The molecule has 1 saturated heterocycles. The molecular weight excluding hydrogens is 334 g/mol. The highest BCUT2D eigenvalue weighted by molar-refractivity contribution is 5.78.